The van der Waals surface area contributed by atoms with Crippen LogP contribution in [-0.4, -0.2) is 44.0 Å². The average Bonchev–Trinajstić information content (AvgIpc) is 2.63. The van der Waals surface area contributed by atoms with Crippen LogP contribution in [0, 0.1) is 11.8 Å². The average molecular weight is 213 g/mol. The summed E-state index contributed by atoms with van der Waals surface area (Å²) < 4.78 is 0. The van der Waals surface area contributed by atoms with Gasteiger partial charge in [-0.1, -0.05) is 6.92 Å². The van der Waals surface area contributed by atoms with Gasteiger partial charge in [-0.05, 0) is 32.4 Å². The molecule has 1 amide bonds. The van der Waals surface area contributed by atoms with E-state index >= 15 is 0 Å². The first kappa shape index (κ1) is 12.5. The number of nitrogens with zero attached hydrogens (tertiary/aromatic N) is 1. The lowest BCUT2D eigenvalue weighted by molar-refractivity contribution is -0.124. The molecule has 2 unspecified atom stereocenters. The van der Waals surface area contributed by atoms with Crippen molar-refractivity contribution in [1.82, 2.24) is 10.2 Å². The van der Waals surface area contributed by atoms with Gasteiger partial charge in [0.05, 0.1) is 0 Å². The number of nitrogens with two attached hydrogens (primary N) is 1. The molecule has 15 heavy (non-hydrogen) atoms. The third kappa shape index (κ3) is 3.80. The van der Waals surface area contributed by atoms with Crippen molar-refractivity contribution in [3.05, 3.63) is 0 Å². The van der Waals surface area contributed by atoms with Crippen molar-refractivity contribution in [2.24, 2.45) is 17.6 Å². The van der Waals surface area contributed by atoms with E-state index in [0.717, 1.165) is 26.1 Å². The van der Waals surface area contributed by atoms with Gasteiger partial charge < -0.3 is 16.0 Å². The summed E-state index contributed by atoms with van der Waals surface area (Å²) in [5.74, 6) is 0.730. The Bertz CT molecular complexity index is 204. The van der Waals surface area contributed by atoms with E-state index in [1.807, 2.05) is 6.92 Å². The minimum Gasteiger partial charge on any atom is -0.355 e. The zero-order valence-electron chi connectivity index (χ0n) is 9.83. The predicted octanol–water partition coefficient (Wildman–Crippen LogP) is 0.0392. The van der Waals surface area contributed by atoms with Crippen molar-refractivity contribution in [3.63, 3.8) is 0 Å². The lowest BCUT2D eigenvalue weighted by atomic mass is 10.1. The van der Waals surface area contributed by atoms with E-state index in [1.165, 1.54) is 6.42 Å². The summed E-state index contributed by atoms with van der Waals surface area (Å²) >= 11 is 0. The first-order valence-corrected chi connectivity index (χ1v) is 5.83. The highest BCUT2D eigenvalue weighted by Crippen LogP contribution is 2.13. The Balaban J connectivity index is 2.21. The number of nitrogens with one attached hydrogen (secondary N) is 1. The van der Waals surface area contributed by atoms with Crippen molar-refractivity contribution in [2.75, 3.05) is 33.2 Å². The molecule has 4 heteroatoms. The molecule has 0 aromatic rings. The molecule has 3 N–H and O–H groups in total. The van der Waals surface area contributed by atoms with E-state index in [9.17, 15) is 4.79 Å². The van der Waals surface area contributed by atoms with Crippen LogP contribution in [0.4, 0.5) is 0 Å². The largest absolute Gasteiger partial charge is 0.355 e. The highest BCUT2D eigenvalue weighted by Gasteiger charge is 2.21. The minimum absolute atomic E-state index is 0.0101. The fourth-order valence-corrected chi connectivity index (χ4v) is 2.04. The Morgan fingerprint density at radius 2 is 2.40 bits per heavy atom. The molecule has 1 heterocycles. The summed E-state index contributed by atoms with van der Waals surface area (Å²) in [4.78, 5) is 13.9. The van der Waals surface area contributed by atoms with Crippen LogP contribution in [0.5, 0.6) is 0 Å². The molecule has 0 radical (unpaired) electrons. The minimum atomic E-state index is -0.0101. The van der Waals surface area contributed by atoms with Gasteiger partial charge in [0, 0.05) is 25.6 Å². The maximum atomic E-state index is 11.6. The molecule has 1 rings (SSSR count). The second-order valence-electron chi connectivity index (χ2n) is 4.50. The molecule has 0 aliphatic carbocycles. The summed E-state index contributed by atoms with van der Waals surface area (Å²) in [6, 6.07) is 0. The highest BCUT2D eigenvalue weighted by atomic mass is 16.1. The number of amides is 1. The van der Waals surface area contributed by atoms with Crippen molar-refractivity contribution in [3.8, 4) is 0 Å². The number of carbonyl (C=O) groups is 1. The summed E-state index contributed by atoms with van der Waals surface area (Å²) in [6.07, 6.45) is 2.02. The number of hydrogen-bond donors (Lipinski definition) is 2. The Kier molecular flexibility index (Phi) is 5.05. The molecule has 2 atom stereocenters. The quantitative estimate of drug-likeness (QED) is 0.678. The van der Waals surface area contributed by atoms with Crippen molar-refractivity contribution in [2.45, 2.75) is 19.8 Å². The smallest absolute Gasteiger partial charge is 0.224 e. The molecular weight excluding hydrogens is 190 g/mol. The van der Waals surface area contributed by atoms with E-state index < -0.39 is 0 Å². The molecular formula is C11H23N3O. The number of likely N-dealkylation sites (tertiary alicyclic amines) is 1. The molecule has 1 saturated heterocycles. The van der Waals surface area contributed by atoms with E-state index in [0.29, 0.717) is 12.5 Å². The second kappa shape index (κ2) is 6.08. The van der Waals surface area contributed by atoms with E-state index in [-0.39, 0.29) is 11.8 Å². The van der Waals surface area contributed by atoms with Crippen LogP contribution in [0.2, 0.25) is 0 Å². The van der Waals surface area contributed by atoms with Gasteiger partial charge in [-0.25, -0.2) is 0 Å². The molecule has 4 nitrogen and oxygen atoms in total. The van der Waals surface area contributed by atoms with Gasteiger partial charge >= 0.3 is 0 Å². The van der Waals surface area contributed by atoms with Gasteiger partial charge in [-0.2, -0.15) is 0 Å². The van der Waals surface area contributed by atoms with E-state index in [1.54, 1.807) is 0 Å². The first-order valence-electron chi connectivity index (χ1n) is 5.83. The first-order chi connectivity index (χ1) is 7.17. The van der Waals surface area contributed by atoms with Crippen molar-refractivity contribution in [1.29, 1.82) is 0 Å². The highest BCUT2D eigenvalue weighted by molar-refractivity contribution is 5.78. The standard InChI is InChI=1S/C11H23N3O/c1-3-10(6-12)11(15)13-7-9-4-5-14(2)8-9/h9-10H,3-8,12H2,1-2H3,(H,13,15). The van der Waals surface area contributed by atoms with Gasteiger partial charge in [-0.15, -0.1) is 0 Å². The Morgan fingerprint density at radius 1 is 1.67 bits per heavy atom. The van der Waals surface area contributed by atoms with Crippen LogP contribution in [0.1, 0.15) is 19.8 Å². The van der Waals surface area contributed by atoms with E-state index in [4.69, 9.17) is 5.73 Å². The normalized spacial score (nSPS) is 24.1. The monoisotopic (exact) mass is 213 g/mol. The molecule has 0 aromatic heterocycles. The molecule has 88 valence electrons. The van der Waals surface area contributed by atoms with Gasteiger partial charge in [0.25, 0.3) is 0 Å². The fraction of sp³-hybridized carbons (Fsp3) is 0.909. The maximum absolute atomic E-state index is 11.6. The van der Waals surface area contributed by atoms with Crippen LogP contribution >= 0.6 is 0 Å². The number of hydrogen-bond acceptors (Lipinski definition) is 3. The van der Waals surface area contributed by atoms with Crippen LogP contribution in [0.25, 0.3) is 0 Å². The number of carbonyl (C=O) groups excluding carboxylic acids is 1. The molecule has 0 bridgehead atoms. The van der Waals surface area contributed by atoms with Crippen molar-refractivity contribution >= 4 is 5.91 Å². The zero-order valence-corrected chi connectivity index (χ0v) is 9.83. The Hall–Kier alpha value is -0.610. The molecule has 1 aliphatic rings. The SMILES string of the molecule is CCC(CN)C(=O)NCC1CCN(C)C1. The maximum Gasteiger partial charge on any atom is 0.224 e. The van der Waals surface area contributed by atoms with Gasteiger partial charge in [-0.3, -0.25) is 4.79 Å². The third-order valence-corrected chi connectivity index (χ3v) is 3.20. The van der Waals surface area contributed by atoms with Gasteiger partial charge in [0.15, 0.2) is 0 Å². The summed E-state index contributed by atoms with van der Waals surface area (Å²) in [6.45, 7) is 5.50. The summed E-state index contributed by atoms with van der Waals surface area (Å²) in [5, 5.41) is 3.00. The Labute approximate surface area is 92.2 Å². The lowest BCUT2D eigenvalue weighted by Crippen LogP contribution is -2.37. The lowest BCUT2D eigenvalue weighted by Gasteiger charge is -2.15. The summed E-state index contributed by atoms with van der Waals surface area (Å²) in [7, 11) is 2.12. The predicted molar refractivity (Wildman–Crippen MR) is 61.4 cm³/mol. The molecule has 0 saturated carbocycles. The van der Waals surface area contributed by atoms with Crippen LogP contribution in [0.15, 0.2) is 0 Å². The molecule has 0 spiro atoms. The third-order valence-electron chi connectivity index (χ3n) is 3.20. The molecule has 1 fully saturated rings. The second-order valence-corrected chi connectivity index (χ2v) is 4.50. The fourth-order valence-electron chi connectivity index (χ4n) is 2.04. The molecule has 0 aromatic carbocycles. The van der Waals surface area contributed by atoms with E-state index in [2.05, 4.69) is 17.3 Å². The zero-order chi connectivity index (χ0) is 11.3. The number of rotatable bonds is 5. The van der Waals surface area contributed by atoms with Crippen LogP contribution in [-0.2, 0) is 4.79 Å². The molecule has 1 aliphatic heterocycles. The summed E-state index contributed by atoms with van der Waals surface area (Å²) in [5.41, 5.74) is 5.52. The van der Waals surface area contributed by atoms with Crippen molar-refractivity contribution < 1.29 is 4.79 Å². The van der Waals surface area contributed by atoms with Gasteiger partial charge in [0.1, 0.15) is 0 Å². The topological polar surface area (TPSA) is 58.4 Å². The van der Waals surface area contributed by atoms with Gasteiger partial charge in [0.2, 0.25) is 5.91 Å². The Morgan fingerprint density at radius 3 is 2.87 bits per heavy atom. The van der Waals surface area contributed by atoms with Crippen LogP contribution < -0.4 is 11.1 Å². The van der Waals surface area contributed by atoms with Crippen LogP contribution in [0.3, 0.4) is 0 Å².